The number of carbonyl (C=O) groups is 2. The van der Waals surface area contributed by atoms with Crippen molar-refractivity contribution in [1.82, 2.24) is 10.9 Å². The van der Waals surface area contributed by atoms with Gasteiger partial charge < -0.3 is 9.47 Å². The molecule has 6 nitrogen and oxygen atoms in total. The van der Waals surface area contributed by atoms with Crippen LogP contribution >= 0.6 is 0 Å². The highest BCUT2D eigenvalue weighted by molar-refractivity contribution is 5.96. The van der Waals surface area contributed by atoms with Gasteiger partial charge in [0.15, 0.2) is 11.5 Å². The quantitative estimate of drug-likeness (QED) is 0.800. The minimum Gasteiger partial charge on any atom is -0.485 e. The Balaban J connectivity index is 1.59. The fourth-order valence-electron chi connectivity index (χ4n) is 2.26. The maximum Gasteiger partial charge on any atom is 0.416 e. The van der Waals surface area contributed by atoms with Gasteiger partial charge in [-0.15, -0.1) is 0 Å². The van der Waals surface area contributed by atoms with E-state index in [-0.39, 0.29) is 12.2 Å². The first-order valence-corrected chi connectivity index (χ1v) is 7.50. The molecule has 0 radical (unpaired) electrons. The van der Waals surface area contributed by atoms with Crippen LogP contribution in [-0.2, 0) is 11.0 Å². The lowest BCUT2D eigenvalue weighted by molar-refractivity contribution is -0.137. The van der Waals surface area contributed by atoms with Crippen LogP contribution in [0.2, 0.25) is 0 Å². The zero-order valence-corrected chi connectivity index (χ0v) is 13.2. The van der Waals surface area contributed by atoms with E-state index in [0.717, 1.165) is 12.1 Å². The molecule has 136 valence electrons. The number of benzene rings is 2. The number of ether oxygens (including phenoxy) is 2. The lowest BCUT2D eigenvalue weighted by atomic mass is 10.1. The minimum absolute atomic E-state index is 0.0672. The van der Waals surface area contributed by atoms with Crippen molar-refractivity contribution in [3.05, 3.63) is 59.7 Å². The first-order chi connectivity index (χ1) is 12.3. The Morgan fingerprint density at radius 1 is 1.00 bits per heavy atom. The zero-order valence-electron chi connectivity index (χ0n) is 13.2. The Kier molecular flexibility index (Phi) is 4.70. The van der Waals surface area contributed by atoms with Crippen LogP contribution < -0.4 is 20.3 Å². The predicted octanol–water partition coefficient (Wildman–Crippen LogP) is 2.31. The molecule has 0 aliphatic carbocycles. The first kappa shape index (κ1) is 17.6. The summed E-state index contributed by atoms with van der Waals surface area (Å²) < 4.78 is 48.9. The fourth-order valence-corrected chi connectivity index (χ4v) is 2.26. The Hall–Kier alpha value is -3.23. The van der Waals surface area contributed by atoms with E-state index >= 15 is 0 Å². The molecule has 9 heteroatoms. The lowest BCUT2D eigenvalue weighted by Gasteiger charge is -2.25. The number of alkyl halides is 3. The first-order valence-electron chi connectivity index (χ1n) is 7.50. The van der Waals surface area contributed by atoms with Crippen LogP contribution in [0.3, 0.4) is 0 Å². The Morgan fingerprint density at radius 2 is 1.73 bits per heavy atom. The van der Waals surface area contributed by atoms with Gasteiger partial charge in [0, 0.05) is 5.56 Å². The third kappa shape index (κ3) is 3.88. The molecule has 0 saturated heterocycles. The molecule has 0 aromatic heterocycles. The summed E-state index contributed by atoms with van der Waals surface area (Å²) in [6, 6.07) is 10.6. The zero-order chi connectivity index (χ0) is 18.7. The van der Waals surface area contributed by atoms with E-state index in [0.29, 0.717) is 17.6 Å². The van der Waals surface area contributed by atoms with Crippen LogP contribution in [0.25, 0.3) is 0 Å². The second kappa shape index (κ2) is 6.95. The smallest absolute Gasteiger partial charge is 0.416 e. The van der Waals surface area contributed by atoms with Gasteiger partial charge in [-0.2, -0.15) is 13.2 Å². The van der Waals surface area contributed by atoms with E-state index in [1.807, 2.05) is 0 Å². The summed E-state index contributed by atoms with van der Waals surface area (Å²) in [5, 5.41) is 0. The average molecular weight is 366 g/mol. The van der Waals surface area contributed by atoms with Crippen LogP contribution in [0.1, 0.15) is 15.9 Å². The van der Waals surface area contributed by atoms with Gasteiger partial charge in [0.2, 0.25) is 6.10 Å². The van der Waals surface area contributed by atoms with Crippen LogP contribution in [0.15, 0.2) is 48.5 Å². The van der Waals surface area contributed by atoms with Gasteiger partial charge in [-0.3, -0.25) is 20.4 Å². The van der Waals surface area contributed by atoms with E-state index < -0.39 is 29.7 Å². The molecule has 1 aliphatic rings. The Morgan fingerprint density at radius 3 is 2.46 bits per heavy atom. The number of hydrazine groups is 1. The number of fused-ring (bicyclic) bond motifs is 1. The summed E-state index contributed by atoms with van der Waals surface area (Å²) in [6.07, 6.45) is -5.58. The SMILES string of the molecule is O=C(NNC(=O)C1COc2ccccc2O1)c1cccc(C(F)(F)F)c1. The molecule has 1 aliphatic heterocycles. The van der Waals surface area contributed by atoms with Gasteiger partial charge in [0.05, 0.1) is 5.56 Å². The summed E-state index contributed by atoms with van der Waals surface area (Å²) >= 11 is 0. The molecule has 0 fully saturated rings. The summed E-state index contributed by atoms with van der Waals surface area (Å²) in [4.78, 5) is 24.0. The molecule has 3 rings (SSSR count). The standard InChI is InChI=1S/C17H13F3N2O4/c18-17(19,20)11-5-3-4-10(8-11)15(23)21-22-16(24)14-9-25-12-6-1-2-7-13(12)26-14/h1-8,14H,9H2,(H,21,23)(H,22,24). The highest BCUT2D eigenvalue weighted by Gasteiger charge is 2.31. The predicted molar refractivity (Wildman–Crippen MR) is 83.4 cm³/mol. The lowest BCUT2D eigenvalue weighted by Crippen LogP contribution is -2.50. The maximum absolute atomic E-state index is 12.7. The van der Waals surface area contributed by atoms with Gasteiger partial charge in [0.1, 0.15) is 6.61 Å². The molecule has 2 amide bonds. The van der Waals surface area contributed by atoms with Crippen molar-refractivity contribution in [3.8, 4) is 11.5 Å². The molecule has 1 unspecified atom stereocenters. The number of para-hydroxylation sites is 2. The second-order valence-corrected chi connectivity index (χ2v) is 5.39. The molecule has 2 aromatic carbocycles. The number of hydrogen-bond donors (Lipinski definition) is 2. The van der Waals surface area contributed by atoms with Crippen LogP contribution in [0.5, 0.6) is 11.5 Å². The van der Waals surface area contributed by atoms with Crippen molar-refractivity contribution < 1.29 is 32.2 Å². The van der Waals surface area contributed by atoms with Crippen molar-refractivity contribution >= 4 is 11.8 Å². The van der Waals surface area contributed by atoms with E-state index in [1.165, 1.54) is 6.07 Å². The highest BCUT2D eigenvalue weighted by Crippen LogP contribution is 2.31. The molecular formula is C17H13F3N2O4. The Bertz CT molecular complexity index is 839. The van der Waals surface area contributed by atoms with E-state index in [1.54, 1.807) is 24.3 Å². The normalized spacial score (nSPS) is 15.9. The fraction of sp³-hybridized carbons (Fsp3) is 0.176. The molecule has 2 aromatic rings. The summed E-state index contributed by atoms with van der Waals surface area (Å²) in [5.41, 5.74) is 2.97. The Labute approximate surface area is 145 Å². The van der Waals surface area contributed by atoms with Gasteiger partial charge in [-0.25, -0.2) is 0 Å². The molecule has 26 heavy (non-hydrogen) atoms. The number of hydrogen-bond acceptors (Lipinski definition) is 4. The molecule has 1 atom stereocenters. The van der Waals surface area contributed by atoms with Gasteiger partial charge >= 0.3 is 6.18 Å². The maximum atomic E-state index is 12.7. The summed E-state index contributed by atoms with van der Waals surface area (Å²) in [7, 11) is 0. The van der Waals surface area contributed by atoms with Gasteiger partial charge in [-0.05, 0) is 30.3 Å². The highest BCUT2D eigenvalue weighted by atomic mass is 19.4. The summed E-state index contributed by atoms with van der Waals surface area (Å²) in [5.74, 6) is -0.714. The van der Waals surface area contributed by atoms with Crippen molar-refractivity contribution in [1.29, 1.82) is 0 Å². The largest absolute Gasteiger partial charge is 0.485 e. The van der Waals surface area contributed by atoms with Crippen LogP contribution in [0, 0.1) is 0 Å². The molecule has 0 spiro atoms. The average Bonchev–Trinajstić information content (AvgIpc) is 2.64. The summed E-state index contributed by atoms with van der Waals surface area (Å²) in [6.45, 7) is -0.0672. The molecule has 0 saturated carbocycles. The van der Waals surface area contributed by atoms with E-state index in [4.69, 9.17) is 9.47 Å². The molecule has 1 heterocycles. The van der Waals surface area contributed by atoms with E-state index in [2.05, 4.69) is 10.9 Å². The second-order valence-electron chi connectivity index (χ2n) is 5.39. The number of halogens is 3. The van der Waals surface area contributed by atoms with Crippen molar-refractivity contribution in [2.45, 2.75) is 12.3 Å². The van der Waals surface area contributed by atoms with E-state index in [9.17, 15) is 22.8 Å². The third-order valence-electron chi connectivity index (χ3n) is 3.55. The number of rotatable bonds is 2. The monoisotopic (exact) mass is 366 g/mol. The van der Waals surface area contributed by atoms with Crippen LogP contribution in [0.4, 0.5) is 13.2 Å². The van der Waals surface area contributed by atoms with Crippen LogP contribution in [-0.4, -0.2) is 24.5 Å². The minimum atomic E-state index is -4.57. The molecule has 0 bridgehead atoms. The van der Waals surface area contributed by atoms with Gasteiger partial charge in [-0.1, -0.05) is 18.2 Å². The molecule has 2 N–H and O–H groups in total. The van der Waals surface area contributed by atoms with Gasteiger partial charge in [0.25, 0.3) is 11.8 Å². The number of nitrogens with one attached hydrogen (secondary N) is 2. The topological polar surface area (TPSA) is 76.7 Å². The van der Waals surface area contributed by atoms with Crippen molar-refractivity contribution in [2.75, 3.05) is 6.61 Å². The van der Waals surface area contributed by atoms with Crippen molar-refractivity contribution in [3.63, 3.8) is 0 Å². The molecular weight excluding hydrogens is 353 g/mol. The number of amides is 2. The van der Waals surface area contributed by atoms with Crippen molar-refractivity contribution in [2.24, 2.45) is 0 Å². The number of carbonyl (C=O) groups excluding carboxylic acids is 2. The third-order valence-corrected chi connectivity index (χ3v) is 3.55.